The lowest BCUT2D eigenvalue weighted by Gasteiger charge is -2.34. The van der Waals surface area contributed by atoms with E-state index in [4.69, 9.17) is 18.9 Å². The van der Waals surface area contributed by atoms with Crippen molar-refractivity contribution in [2.24, 2.45) is 0 Å². The van der Waals surface area contributed by atoms with E-state index in [2.05, 4.69) is 20.0 Å². The van der Waals surface area contributed by atoms with Crippen molar-refractivity contribution in [3.8, 4) is 0 Å². The number of hydrogen-bond acceptors (Lipinski definition) is 15. The number of esters is 4. The van der Waals surface area contributed by atoms with E-state index in [-0.39, 0.29) is 41.6 Å². The summed E-state index contributed by atoms with van der Waals surface area (Å²) < 4.78 is 28.3. The number of hydrogen-bond donors (Lipinski definition) is 1. The van der Waals surface area contributed by atoms with Crippen molar-refractivity contribution >= 4 is 58.2 Å². The molecule has 218 valence electrons. The fourth-order valence-corrected chi connectivity index (χ4v) is 4.73. The van der Waals surface area contributed by atoms with Crippen LogP contribution in [0.2, 0.25) is 0 Å². The molecular formula is C23H29N5O11S. The molecule has 1 unspecified atom stereocenters. The van der Waals surface area contributed by atoms with Crippen LogP contribution in [0.1, 0.15) is 40.3 Å². The maximum atomic E-state index is 12.2. The maximum absolute atomic E-state index is 12.2. The van der Waals surface area contributed by atoms with Crippen molar-refractivity contribution in [3.05, 3.63) is 16.3 Å². The topological polar surface area (TPSA) is 200 Å². The summed E-state index contributed by atoms with van der Waals surface area (Å²) in [5, 5.41) is 15.3. The van der Waals surface area contributed by atoms with Crippen LogP contribution >= 0.6 is 11.8 Å². The van der Waals surface area contributed by atoms with Gasteiger partial charge in [-0.1, -0.05) is 11.8 Å². The number of ether oxygens (including phenoxy) is 5. The van der Waals surface area contributed by atoms with Crippen LogP contribution in [0.5, 0.6) is 0 Å². The van der Waals surface area contributed by atoms with Gasteiger partial charge in [-0.05, 0) is 13.2 Å². The molecule has 2 aromatic heterocycles. The van der Waals surface area contributed by atoms with Crippen LogP contribution in [0.4, 0.5) is 11.5 Å². The Labute approximate surface area is 232 Å². The Kier molecular flexibility index (Phi) is 9.52. The lowest BCUT2D eigenvalue weighted by atomic mass is 9.95. The molecule has 16 nitrogen and oxygen atoms in total. The monoisotopic (exact) mass is 583 g/mol. The van der Waals surface area contributed by atoms with Crippen molar-refractivity contribution in [2.45, 2.75) is 63.3 Å². The highest BCUT2D eigenvalue weighted by atomic mass is 32.2. The first-order valence-corrected chi connectivity index (χ1v) is 13.1. The molecule has 0 aliphatic carbocycles. The molecular weight excluding hydrogens is 554 g/mol. The second-order valence-corrected chi connectivity index (χ2v) is 9.60. The van der Waals surface area contributed by atoms with Gasteiger partial charge in [0.15, 0.2) is 28.7 Å². The molecule has 40 heavy (non-hydrogen) atoms. The normalized spacial score (nSPS) is 22.0. The molecule has 1 aliphatic rings. The molecule has 17 heteroatoms. The summed E-state index contributed by atoms with van der Waals surface area (Å²) in [5.74, 6) is -2.54. The molecule has 3 heterocycles. The Hall–Kier alpha value is -3.99. The number of aromatic nitrogens is 3. The lowest BCUT2D eigenvalue weighted by Crippen LogP contribution is -2.50. The molecule has 0 aromatic carbocycles. The summed E-state index contributed by atoms with van der Waals surface area (Å²) in [5.41, 5.74) is -2.13. The molecule has 0 bridgehead atoms. The molecule has 3 rings (SSSR count). The number of nitrogens with zero attached hydrogens (tertiary/aromatic N) is 4. The Morgan fingerprint density at radius 3 is 2.45 bits per heavy atom. The zero-order chi connectivity index (χ0) is 29.8. The Balaban J connectivity index is 2.23. The SMILES string of the molecule is COC(=O)CCNc1nc(SC)nc2c1c([N+](=O)[O-])cn2C1O[C@H](COC(C)=O)[C@@H](OC(C)=O)[C@@]1(C)OC(C)=O. The predicted molar refractivity (Wildman–Crippen MR) is 137 cm³/mol. The van der Waals surface area contributed by atoms with Gasteiger partial charge < -0.3 is 29.0 Å². The maximum Gasteiger partial charge on any atom is 0.307 e. The van der Waals surface area contributed by atoms with Gasteiger partial charge in [-0.2, -0.15) is 0 Å². The van der Waals surface area contributed by atoms with Crippen LogP contribution in [0.15, 0.2) is 11.4 Å². The molecule has 0 spiro atoms. The first-order chi connectivity index (χ1) is 18.8. The highest BCUT2D eigenvalue weighted by Crippen LogP contribution is 2.46. The van der Waals surface area contributed by atoms with Crippen LogP contribution in [-0.4, -0.2) is 87.7 Å². The minimum atomic E-state index is -1.74. The molecule has 1 saturated heterocycles. The Morgan fingerprint density at radius 2 is 1.90 bits per heavy atom. The summed E-state index contributed by atoms with van der Waals surface area (Å²) in [7, 11) is 1.24. The second kappa shape index (κ2) is 12.5. The molecule has 0 amide bonds. The number of nitrogens with one attached hydrogen (secondary N) is 1. The quantitative estimate of drug-likeness (QED) is 0.100. The van der Waals surface area contributed by atoms with Crippen LogP contribution in [0, 0.1) is 10.1 Å². The van der Waals surface area contributed by atoms with Gasteiger partial charge in [0.05, 0.1) is 24.7 Å². The molecule has 0 radical (unpaired) electrons. The van der Waals surface area contributed by atoms with E-state index in [1.807, 2.05) is 0 Å². The number of thioether (sulfide) groups is 1. The van der Waals surface area contributed by atoms with Crippen molar-refractivity contribution < 1.29 is 47.8 Å². The van der Waals surface area contributed by atoms with E-state index < -0.39 is 58.5 Å². The fourth-order valence-electron chi connectivity index (χ4n) is 4.37. The van der Waals surface area contributed by atoms with Gasteiger partial charge in [-0.25, -0.2) is 9.97 Å². The number of carbonyl (C=O) groups excluding carboxylic acids is 4. The second-order valence-electron chi connectivity index (χ2n) is 8.83. The van der Waals surface area contributed by atoms with Gasteiger partial charge in [-0.15, -0.1) is 0 Å². The van der Waals surface area contributed by atoms with E-state index in [0.29, 0.717) is 0 Å². The van der Waals surface area contributed by atoms with Crippen LogP contribution < -0.4 is 5.32 Å². The van der Waals surface area contributed by atoms with Crippen LogP contribution in [0.3, 0.4) is 0 Å². The third-order valence-corrected chi connectivity index (χ3v) is 6.46. The summed E-state index contributed by atoms with van der Waals surface area (Å²) in [6.07, 6.45) is -0.913. The van der Waals surface area contributed by atoms with E-state index >= 15 is 0 Å². The third kappa shape index (κ3) is 6.41. The molecule has 2 aromatic rings. The van der Waals surface area contributed by atoms with Crippen molar-refractivity contribution in [2.75, 3.05) is 31.8 Å². The van der Waals surface area contributed by atoms with Crippen molar-refractivity contribution in [1.82, 2.24) is 14.5 Å². The highest BCUT2D eigenvalue weighted by molar-refractivity contribution is 7.98. The standard InChI is InChI=1S/C23H29N5O11S/c1-11(29)36-10-15-18(37-12(2)30)23(4,39-13(3)31)21(38-15)27-9-14(28(33)34)17-19(24-8-7-16(32)35-5)25-22(40-6)26-20(17)27/h9,15,18,21H,7-8,10H2,1-6H3,(H,24,25,26)/t15-,18-,21?,23-/m1/s1. The molecule has 1 aliphatic heterocycles. The minimum absolute atomic E-state index is 0.00564. The van der Waals surface area contributed by atoms with E-state index in [1.54, 1.807) is 6.26 Å². The average molecular weight is 584 g/mol. The smallest absolute Gasteiger partial charge is 0.307 e. The zero-order valence-corrected chi connectivity index (χ0v) is 23.4. The van der Waals surface area contributed by atoms with Gasteiger partial charge in [0.1, 0.15) is 23.9 Å². The number of carbonyl (C=O) groups is 4. The highest BCUT2D eigenvalue weighted by Gasteiger charge is 2.60. The van der Waals surface area contributed by atoms with Gasteiger partial charge >= 0.3 is 23.9 Å². The van der Waals surface area contributed by atoms with Gasteiger partial charge in [0, 0.05) is 27.3 Å². The first-order valence-electron chi connectivity index (χ1n) is 11.9. The first kappa shape index (κ1) is 30.6. The minimum Gasteiger partial charge on any atom is -0.469 e. The molecule has 1 fully saturated rings. The molecule has 1 N–H and O–H groups in total. The van der Waals surface area contributed by atoms with E-state index in [9.17, 15) is 29.3 Å². The van der Waals surface area contributed by atoms with Gasteiger partial charge in [0.25, 0.3) is 5.69 Å². The van der Waals surface area contributed by atoms with Crippen molar-refractivity contribution in [1.29, 1.82) is 0 Å². The predicted octanol–water partition coefficient (Wildman–Crippen LogP) is 1.75. The molecule has 4 atom stereocenters. The number of methoxy groups -OCH3 is 1. The number of nitro groups is 1. The summed E-state index contributed by atoms with van der Waals surface area (Å²) >= 11 is 1.15. The van der Waals surface area contributed by atoms with Gasteiger partial charge in [-0.3, -0.25) is 33.9 Å². The third-order valence-electron chi connectivity index (χ3n) is 5.92. The lowest BCUT2D eigenvalue weighted by molar-refractivity contribution is -0.383. The zero-order valence-electron chi connectivity index (χ0n) is 22.6. The number of fused-ring (bicyclic) bond motifs is 1. The van der Waals surface area contributed by atoms with E-state index in [0.717, 1.165) is 31.8 Å². The summed E-state index contributed by atoms with van der Waals surface area (Å²) in [6.45, 7) is 4.58. The average Bonchev–Trinajstić information content (AvgIpc) is 3.37. The van der Waals surface area contributed by atoms with Crippen LogP contribution in [-0.2, 0) is 42.9 Å². The van der Waals surface area contributed by atoms with Gasteiger partial charge in [0.2, 0.25) is 0 Å². The Bertz CT molecular complexity index is 1330. The number of anilines is 1. The number of rotatable bonds is 11. The summed E-state index contributed by atoms with van der Waals surface area (Å²) in [4.78, 5) is 67.7. The Morgan fingerprint density at radius 1 is 1.20 bits per heavy atom. The van der Waals surface area contributed by atoms with Crippen molar-refractivity contribution in [3.63, 3.8) is 0 Å². The molecule has 0 saturated carbocycles. The summed E-state index contributed by atoms with van der Waals surface area (Å²) in [6, 6.07) is 0. The van der Waals surface area contributed by atoms with E-state index in [1.165, 1.54) is 25.5 Å². The van der Waals surface area contributed by atoms with Crippen LogP contribution in [0.25, 0.3) is 11.0 Å². The largest absolute Gasteiger partial charge is 0.469 e. The fraction of sp³-hybridized carbons (Fsp3) is 0.565.